The van der Waals surface area contributed by atoms with Gasteiger partial charge in [0.05, 0.1) is 10.6 Å². The monoisotopic (exact) mass is 458 g/mol. The highest BCUT2D eigenvalue weighted by molar-refractivity contribution is 6.32. The maximum atomic E-state index is 15.1. The molecule has 9 nitrogen and oxygen atoms in total. The zero-order valence-corrected chi connectivity index (χ0v) is 17.2. The van der Waals surface area contributed by atoms with Crippen LogP contribution < -0.4 is 15.4 Å². The van der Waals surface area contributed by atoms with Crippen LogP contribution in [0.1, 0.15) is 5.56 Å². The van der Waals surface area contributed by atoms with E-state index in [-0.39, 0.29) is 35.8 Å². The van der Waals surface area contributed by atoms with Crippen molar-refractivity contribution in [1.29, 1.82) is 0 Å². The summed E-state index contributed by atoms with van der Waals surface area (Å²) >= 11 is 6.07. The molecule has 2 N–H and O–H groups in total. The van der Waals surface area contributed by atoms with Gasteiger partial charge < -0.3 is 23.9 Å². The molecule has 0 amide bonds. The lowest BCUT2D eigenvalue weighted by molar-refractivity contribution is 0.0667. The van der Waals surface area contributed by atoms with E-state index < -0.39 is 5.82 Å². The number of para-hydroxylation sites is 2. The Labute approximate surface area is 186 Å². The molecule has 2 aromatic carbocycles. The van der Waals surface area contributed by atoms with Crippen molar-refractivity contribution in [3.05, 3.63) is 77.5 Å². The van der Waals surface area contributed by atoms with E-state index in [1.807, 2.05) is 0 Å². The van der Waals surface area contributed by atoms with E-state index in [0.717, 1.165) is 6.33 Å². The Morgan fingerprint density at radius 3 is 2.38 bits per heavy atom. The van der Waals surface area contributed by atoms with E-state index in [1.54, 1.807) is 48.5 Å². The summed E-state index contributed by atoms with van der Waals surface area (Å²) in [6.45, 7) is 0.589. The Morgan fingerprint density at radius 2 is 1.69 bits per heavy atom. The van der Waals surface area contributed by atoms with Crippen molar-refractivity contribution in [3.63, 3.8) is 0 Å². The summed E-state index contributed by atoms with van der Waals surface area (Å²) in [4.78, 5) is 17.4. The molecule has 32 heavy (non-hydrogen) atoms. The van der Waals surface area contributed by atoms with Crippen LogP contribution in [0.2, 0.25) is 5.02 Å². The van der Waals surface area contributed by atoms with Gasteiger partial charge in [-0.25, -0.2) is 0 Å². The molecular formula is C21H16ClFN4O5. The second-order valence-electron chi connectivity index (χ2n) is 6.17. The Morgan fingerprint density at radius 1 is 1.00 bits per heavy atom. The van der Waals surface area contributed by atoms with Crippen LogP contribution in [0, 0.1) is 5.82 Å². The molecule has 0 atom stereocenters. The normalized spacial score (nSPS) is 13.5. The fourth-order valence-electron chi connectivity index (χ4n) is 2.73. The molecule has 0 radical (unpaired) electrons. The molecule has 11 heteroatoms. The SMILES string of the molecule is NO/C=C(\C1=NOCCO1)c1ccccc1Oc1ncnc(Oc2ccccc2Cl)c1F. The van der Waals surface area contributed by atoms with Crippen molar-refractivity contribution in [2.24, 2.45) is 11.1 Å². The molecule has 2 heterocycles. The molecule has 0 saturated heterocycles. The first-order valence-corrected chi connectivity index (χ1v) is 9.64. The van der Waals surface area contributed by atoms with E-state index >= 15 is 4.39 Å². The van der Waals surface area contributed by atoms with E-state index in [4.69, 9.17) is 36.5 Å². The topological polar surface area (TPSA) is 110 Å². The van der Waals surface area contributed by atoms with Gasteiger partial charge in [0.25, 0.3) is 17.7 Å². The summed E-state index contributed by atoms with van der Waals surface area (Å²) in [5.41, 5.74) is 0.763. The summed E-state index contributed by atoms with van der Waals surface area (Å²) in [6.07, 6.45) is 2.31. The molecule has 3 aromatic rings. The first-order chi connectivity index (χ1) is 15.7. The van der Waals surface area contributed by atoms with Crippen LogP contribution in [-0.4, -0.2) is 29.1 Å². The Hall–Kier alpha value is -3.89. The van der Waals surface area contributed by atoms with Crippen molar-refractivity contribution >= 4 is 23.1 Å². The summed E-state index contributed by atoms with van der Waals surface area (Å²) in [6, 6.07) is 13.3. The van der Waals surface area contributed by atoms with Crippen LogP contribution in [0.15, 0.2) is 66.3 Å². The molecular weight excluding hydrogens is 443 g/mol. The van der Waals surface area contributed by atoms with Crippen molar-refractivity contribution in [2.75, 3.05) is 13.2 Å². The van der Waals surface area contributed by atoms with Crippen molar-refractivity contribution in [3.8, 4) is 23.3 Å². The van der Waals surface area contributed by atoms with Gasteiger partial charge in [-0.1, -0.05) is 41.9 Å². The number of nitrogens with two attached hydrogens (primary N) is 1. The lowest BCUT2D eigenvalue weighted by atomic mass is 10.1. The first kappa shape index (κ1) is 21.3. The molecule has 0 fully saturated rings. The smallest absolute Gasteiger partial charge is 0.263 e. The minimum absolute atomic E-state index is 0.128. The molecule has 0 aliphatic carbocycles. The molecule has 0 unspecified atom stereocenters. The van der Waals surface area contributed by atoms with Gasteiger partial charge in [0.1, 0.15) is 30.7 Å². The average Bonchev–Trinajstić information content (AvgIpc) is 2.82. The molecule has 1 aromatic heterocycles. The van der Waals surface area contributed by atoms with Crippen LogP contribution in [-0.2, 0) is 14.4 Å². The molecule has 0 spiro atoms. The zero-order valence-electron chi connectivity index (χ0n) is 16.4. The highest BCUT2D eigenvalue weighted by Gasteiger charge is 2.22. The van der Waals surface area contributed by atoms with E-state index in [9.17, 15) is 0 Å². The second kappa shape index (κ2) is 9.94. The molecule has 0 saturated carbocycles. The predicted molar refractivity (Wildman–Crippen MR) is 113 cm³/mol. The maximum absolute atomic E-state index is 15.1. The fraction of sp³-hybridized carbons (Fsp3) is 0.0952. The summed E-state index contributed by atoms with van der Waals surface area (Å²) < 4.78 is 31.8. The fourth-order valence-corrected chi connectivity index (χ4v) is 2.90. The van der Waals surface area contributed by atoms with Crippen LogP contribution in [0.5, 0.6) is 23.3 Å². The van der Waals surface area contributed by atoms with Gasteiger partial charge in [-0.2, -0.15) is 20.3 Å². The minimum atomic E-state index is -0.919. The third-order valence-corrected chi connectivity index (χ3v) is 4.44. The average molecular weight is 459 g/mol. The van der Waals surface area contributed by atoms with Crippen LogP contribution >= 0.6 is 11.6 Å². The summed E-state index contributed by atoms with van der Waals surface area (Å²) in [7, 11) is 0. The Kier molecular flexibility index (Phi) is 6.63. The number of aromatic nitrogens is 2. The van der Waals surface area contributed by atoms with Gasteiger partial charge in [-0.15, -0.1) is 0 Å². The molecule has 0 bridgehead atoms. The third kappa shape index (κ3) is 4.71. The number of halogens is 2. The minimum Gasteiger partial charge on any atom is -0.471 e. The van der Waals surface area contributed by atoms with E-state index in [1.165, 1.54) is 6.26 Å². The largest absolute Gasteiger partial charge is 0.471 e. The first-order valence-electron chi connectivity index (χ1n) is 9.26. The third-order valence-electron chi connectivity index (χ3n) is 4.13. The van der Waals surface area contributed by atoms with Crippen molar-refractivity contribution in [1.82, 2.24) is 9.97 Å². The molecule has 1 aliphatic heterocycles. The van der Waals surface area contributed by atoms with E-state index in [2.05, 4.69) is 20.0 Å². The van der Waals surface area contributed by atoms with Gasteiger partial charge in [0.2, 0.25) is 5.82 Å². The number of nitrogens with zero attached hydrogens (tertiary/aromatic N) is 3. The quantitative estimate of drug-likeness (QED) is 0.408. The van der Waals surface area contributed by atoms with Gasteiger partial charge >= 0.3 is 0 Å². The number of hydrogen-bond donors (Lipinski definition) is 1. The second-order valence-corrected chi connectivity index (χ2v) is 6.58. The number of benzene rings is 2. The number of oxime groups is 1. The number of ether oxygens (including phenoxy) is 3. The Bertz CT molecular complexity index is 1170. The van der Waals surface area contributed by atoms with Crippen LogP contribution in [0.4, 0.5) is 4.39 Å². The molecule has 4 rings (SSSR count). The lowest BCUT2D eigenvalue weighted by Crippen LogP contribution is -2.18. The Balaban J connectivity index is 1.66. The predicted octanol–water partition coefficient (Wildman–Crippen LogP) is 4.45. The summed E-state index contributed by atoms with van der Waals surface area (Å²) in [5.74, 6) is 4.17. The number of hydrogen-bond acceptors (Lipinski definition) is 9. The van der Waals surface area contributed by atoms with Crippen LogP contribution in [0.25, 0.3) is 5.57 Å². The van der Waals surface area contributed by atoms with Crippen LogP contribution in [0.3, 0.4) is 0 Å². The highest BCUT2D eigenvalue weighted by Crippen LogP contribution is 2.35. The standard InChI is InChI=1S/C21H16ClFN4O5/c22-15-6-2-4-8-17(15)32-21-18(23)20(25-12-26-21)31-16-7-3-1-5-13(16)14(11-29-24)19-27-30-10-9-28-19/h1-8,11-12H,9-10,24H2/b14-11-. The van der Waals surface area contributed by atoms with Gasteiger partial charge in [0.15, 0.2) is 6.61 Å². The molecule has 164 valence electrons. The van der Waals surface area contributed by atoms with Crippen molar-refractivity contribution in [2.45, 2.75) is 0 Å². The number of rotatable bonds is 7. The van der Waals surface area contributed by atoms with Gasteiger partial charge in [-0.05, 0) is 23.4 Å². The van der Waals surface area contributed by atoms with Crippen molar-refractivity contribution < 1.29 is 28.3 Å². The highest BCUT2D eigenvalue weighted by atomic mass is 35.5. The summed E-state index contributed by atoms with van der Waals surface area (Å²) in [5, 5.41) is 4.16. The molecule has 1 aliphatic rings. The van der Waals surface area contributed by atoms with Gasteiger partial charge in [-0.3, -0.25) is 0 Å². The van der Waals surface area contributed by atoms with E-state index in [0.29, 0.717) is 22.8 Å². The zero-order chi connectivity index (χ0) is 22.3. The maximum Gasteiger partial charge on any atom is 0.263 e. The van der Waals surface area contributed by atoms with Gasteiger partial charge in [0, 0.05) is 5.56 Å². The lowest BCUT2D eigenvalue weighted by Gasteiger charge is -2.18.